The molecule has 0 bridgehead atoms. The molecule has 1 saturated heterocycles. The van der Waals surface area contributed by atoms with Crippen molar-refractivity contribution in [1.29, 1.82) is 0 Å². The van der Waals surface area contributed by atoms with E-state index in [1.54, 1.807) is 12.1 Å². The SMILES string of the molecule is CCOc1ccc(/C(O)=C2\C(=O)C(=O)N(CCCN(C)C)[C@H]2c2ccc(F)cc2)cc1Cl. The standard InChI is InChI=1S/C24H26ClFN2O4/c1-4-32-19-11-8-16(14-18(19)25)22(29)20-21(15-6-9-17(26)10-7-15)28(24(31)23(20)30)13-5-12-27(2)3/h6-11,14,21,29H,4-5,12-13H2,1-3H3/b22-20+/t21-/m0/s1. The number of likely N-dealkylation sites (tertiary alicyclic amines) is 1. The molecule has 2 aromatic rings. The topological polar surface area (TPSA) is 70.1 Å². The van der Waals surface area contributed by atoms with Gasteiger partial charge in [-0.05, 0) is 69.9 Å². The van der Waals surface area contributed by atoms with Gasteiger partial charge in [-0.15, -0.1) is 0 Å². The number of rotatable bonds is 8. The maximum atomic E-state index is 13.5. The molecule has 1 amide bonds. The Morgan fingerprint density at radius 2 is 1.88 bits per heavy atom. The van der Waals surface area contributed by atoms with E-state index in [2.05, 4.69) is 0 Å². The Bertz CT molecular complexity index is 1040. The maximum Gasteiger partial charge on any atom is 0.295 e. The molecule has 6 nitrogen and oxygen atoms in total. The van der Waals surface area contributed by atoms with Crippen molar-refractivity contribution in [2.24, 2.45) is 0 Å². The van der Waals surface area contributed by atoms with Gasteiger partial charge in [-0.1, -0.05) is 23.7 Å². The molecule has 1 fully saturated rings. The van der Waals surface area contributed by atoms with Crippen molar-refractivity contribution < 1.29 is 23.8 Å². The Morgan fingerprint density at radius 1 is 1.19 bits per heavy atom. The summed E-state index contributed by atoms with van der Waals surface area (Å²) >= 11 is 6.25. The second-order valence-electron chi connectivity index (χ2n) is 7.78. The number of ketones is 1. The highest BCUT2D eigenvalue weighted by atomic mass is 35.5. The summed E-state index contributed by atoms with van der Waals surface area (Å²) in [6.07, 6.45) is 0.632. The molecule has 32 heavy (non-hydrogen) atoms. The van der Waals surface area contributed by atoms with E-state index < -0.39 is 23.5 Å². The van der Waals surface area contributed by atoms with Crippen LogP contribution in [-0.4, -0.2) is 60.4 Å². The fourth-order valence-electron chi connectivity index (χ4n) is 3.74. The van der Waals surface area contributed by atoms with Crippen LogP contribution >= 0.6 is 11.6 Å². The van der Waals surface area contributed by atoms with E-state index in [-0.39, 0.29) is 21.9 Å². The average molecular weight is 461 g/mol. The molecule has 1 heterocycles. The first kappa shape index (κ1) is 23.8. The molecule has 0 saturated carbocycles. The summed E-state index contributed by atoms with van der Waals surface area (Å²) in [5.74, 6) is -1.80. The van der Waals surface area contributed by atoms with Gasteiger partial charge >= 0.3 is 0 Å². The number of nitrogens with zero attached hydrogens (tertiary/aromatic N) is 2. The predicted molar refractivity (Wildman–Crippen MR) is 121 cm³/mol. The summed E-state index contributed by atoms with van der Waals surface area (Å²) in [5.41, 5.74) is 0.776. The first-order valence-corrected chi connectivity index (χ1v) is 10.7. The minimum Gasteiger partial charge on any atom is -0.507 e. The van der Waals surface area contributed by atoms with Gasteiger partial charge < -0.3 is 19.6 Å². The fourth-order valence-corrected chi connectivity index (χ4v) is 3.97. The quantitative estimate of drug-likeness (QED) is 0.362. The van der Waals surface area contributed by atoms with Crippen molar-refractivity contribution in [2.75, 3.05) is 33.8 Å². The third kappa shape index (κ3) is 4.95. The first-order chi connectivity index (χ1) is 15.2. The summed E-state index contributed by atoms with van der Waals surface area (Å²) in [4.78, 5) is 29.3. The summed E-state index contributed by atoms with van der Waals surface area (Å²) in [5, 5.41) is 11.3. The highest BCUT2D eigenvalue weighted by Crippen LogP contribution is 2.40. The van der Waals surface area contributed by atoms with Gasteiger partial charge in [0.05, 0.1) is 23.2 Å². The normalized spacial score (nSPS) is 17.9. The third-order valence-electron chi connectivity index (χ3n) is 5.24. The minimum atomic E-state index is -0.830. The van der Waals surface area contributed by atoms with Gasteiger partial charge in [0.1, 0.15) is 17.3 Å². The fraction of sp³-hybridized carbons (Fsp3) is 0.333. The zero-order valence-electron chi connectivity index (χ0n) is 18.3. The van der Waals surface area contributed by atoms with E-state index in [1.807, 2.05) is 25.9 Å². The number of hydrogen-bond acceptors (Lipinski definition) is 5. The number of amides is 1. The van der Waals surface area contributed by atoms with Gasteiger partial charge in [0, 0.05) is 12.1 Å². The lowest BCUT2D eigenvalue weighted by molar-refractivity contribution is -0.139. The second kappa shape index (κ2) is 10.1. The molecule has 3 rings (SSSR count). The molecule has 0 spiro atoms. The van der Waals surface area contributed by atoms with Crippen LogP contribution in [0.1, 0.15) is 30.5 Å². The lowest BCUT2D eigenvalue weighted by atomic mass is 9.95. The van der Waals surface area contributed by atoms with Gasteiger partial charge in [0.2, 0.25) is 0 Å². The summed E-state index contributed by atoms with van der Waals surface area (Å²) in [6, 6.07) is 9.40. The summed E-state index contributed by atoms with van der Waals surface area (Å²) < 4.78 is 19.0. The smallest absolute Gasteiger partial charge is 0.295 e. The highest BCUT2D eigenvalue weighted by Gasteiger charge is 2.45. The molecule has 1 N–H and O–H groups in total. The largest absolute Gasteiger partial charge is 0.507 e. The molecule has 2 aromatic carbocycles. The lowest BCUT2D eigenvalue weighted by Crippen LogP contribution is -2.32. The molecular weight excluding hydrogens is 435 g/mol. The van der Waals surface area contributed by atoms with Gasteiger partial charge in [-0.25, -0.2) is 4.39 Å². The van der Waals surface area contributed by atoms with E-state index in [0.717, 1.165) is 0 Å². The van der Waals surface area contributed by atoms with Crippen LogP contribution in [0.25, 0.3) is 5.76 Å². The van der Waals surface area contributed by atoms with Gasteiger partial charge in [0.25, 0.3) is 11.7 Å². The van der Waals surface area contributed by atoms with E-state index in [4.69, 9.17) is 16.3 Å². The van der Waals surface area contributed by atoms with Crippen LogP contribution in [0.15, 0.2) is 48.0 Å². The predicted octanol–water partition coefficient (Wildman–Crippen LogP) is 4.25. The third-order valence-corrected chi connectivity index (χ3v) is 5.53. The number of carbonyl (C=O) groups is 2. The van der Waals surface area contributed by atoms with Crippen LogP contribution in [0, 0.1) is 5.82 Å². The molecule has 1 aliphatic heterocycles. The number of ether oxygens (including phenoxy) is 1. The highest BCUT2D eigenvalue weighted by molar-refractivity contribution is 6.46. The zero-order valence-corrected chi connectivity index (χ0v) is 19.0. The monoisotopic (exact) mass is 460 g/mol. The van der Waals surface area contributed by atoms with E-state index in [0.29, 0.717) is 37.4 Å². The van der Waals surface area contributed by atoms with Crippen LogP contribution in [0.2, 0.25) is 5.02 Å². The van der Waals surface area contributed by atoms with Crippen LogP contribution in [0.5, 0.6) is 5.75 Å². The molecule has 0 aromatic heterocycles. The number of hydrogen-bond donors (Lipinski definition) is 1. The van der Waals surface area contributed by atoms with Crippen LogP contribution in [0.4, 0.5) is 4.39 Å². The van der Waals surface area contributed by atoms with Crippen molar-refractivity contribution >= 4 is 29.1 Å². The average Bonchev–Trinajstić information content (AvgIpc) is 3.00. The molecule has 1 aliphatic rings. The van der Waals surface area contributed by atoms with Gasteiger partial charge in [-0.3, -0.25) is 9.59 Å². The Morgan fingerprint density at radius 3 is 2.47 bits per heavy atom. The number of carbonyl (C=O) groups excluding carboxylic acids is 2. The molecule has 8 heteroatoms. The van der Waals surface area contributed by atoms with Crippen molar-refractivity contribution in [2.45, 2.75) is 19.4 Å². The van der Waals surface area contributed by atoms with E-state index in [1.165, 1.54) is 35.2 Å². The van der Waals surface area contributed by atoms with Crippen molar-refractivity contribution in [3.05, 3.63) is 70.0 Å². The Hall–Kier alpha value is -2.90. The Labute approximate surface area is 191 Å². The molecule has 0 unspecified atom stereocenters. The maximum absolute atomic E-state index is 13.5. The number of aliphatic hydroxyl groups is 1. The molecule has 170 valence electrons. The van der Waals surface area contributed by atoms with Crippen LogP contribution < -0.4 is 4.74 Å². The molecular formula is C24H26ClFN2O4. The number of aliphatic hydroxyl groups excluding tert-OH is 1. The Balaban J connectivity index is 2.08. The van der Waals surface area contributed by atoms with Crippen molar-refractivity contribution in [3.63, 3.8) is 0 Å². The minimum absolute atomic E-state index is 0.0494. The van der Waals surface area contributed by atoms with Gasteiger partial charge in [0.15, 0.2) is 0 Å². The number of Topliss-reactive ketones (excluding diaryl/α,β-unsaturated/α-hetero) is 1. The summed E-state index contributed by atoms with van der Waals surface area (Å²) in [6.45, 7) is 3.28. The summed E-state index contributed by atoms with van der Waals surface area (Å²) in [7, 11) is 3.84. The lowest BCUT2D eigenvalue weighted by Gasteiger charge is -2.26. The second-order valence-corrected chi connectivity index (χ2v) is 8.19. The molecule has 0 aliphatic carbocycles. The van der Waals surface area contributed by atoms with Crippen molar-refractivity contribution in [3.8, 4) is 5.75 Å². The van der Waals surface area contributed by atoms with Crippen LogP contribution in [-0.2, 0) is 9.59 Å². The Kier molecular flexibility index (Phi) is 7.53. The van der Waals surface area contributed by atoms with Gasteiger partial charge in [-0.2, -0.15) is 0 Å². The molecule has 1 atom stereocenters. The molecule has 0 radical (unpaired) electrons. The van der Waals surface area contributed by atoms with E-state index >= 15 is 0 Å². The number of halogens is 2. The zero-order chi connectivity index (χ0) is 23.4. The van der Waals surface area contributed by atoms with Crippen molar-refractivity contribution in [1.82, 2.24) is 9.80 Å². The first-order valence-electron chi connectivity index (χ1n) is 10.4. The van der Waals surface area contributed by atoms with Crippen LogP contribution in [0.3, 0.4) is 0 Å². The van der Waals surface area contributed by atoms with E-state index in [9.17, 15) is 19.1 Å². The number of benzene rings is 2.